The Morgan fingerprint density at radius 1 is 1.33 bits per heavy atom. The Labute approximate surface area is 128 Å². The zero-order valence-electron chi connectivity index (χ0n) is 13.1. The van der Waals surface area contributed by atoms with Gasteiger partial charge in [0.2, 0.25) is 5.91 Å². The molecular weight excluding hydrogens is 264 g/mol. The first kappa shape index (κ1) is 16.3. The van der Waals surface area contributed by atoms with Crippen molar-refractivity contribution in [2.75, 3.05) is 26.3 Å². The molecule has 117 valence electrons. The first-order valence-electron chi connectivity index (χ1n) is 8.26. The normalized spacial score (nSPS) is 23.3. The van der Waals surface area contributed by atoms with E-state index in [0.29, 0.717) is 38.6 Å². The van der Waals surface area contributed by atoms with Gasteiger partial charge >= 0.3 is 0 Å². The largest absolute Gasteiger partial charge is 0.378 e. The first-order chi connectivity index (χ1) is 10.2. The number of carbonyl (C=O) groups excluding carboxylic acids is 1. The summed E-state index contributed by atoms with van der Waals surface area (Å²) >= 11 is 0. The second-order valence-electron chi connectivity index (χ2n) is 6.43. The van der Waals surface area contributed by atoms with E-state index in [9.17, 15) is 10.1 Å². The smallest absolute Gasteiger partial charge is 0.224 e. The fourth-order valence-corrected chi connectivity index (χ4v) is 3.54. The third kappa shape index (κ3) is 4.44. The maximum Gasteiger partial charge on any atom is 0.224 e. The van der Waals surface area contributed by atoms with Gasteiger partial charge in [-0.3, -0.25) is 4.79 Å². The molecule has 0 spiro atoms. The van der Waals surface area contributed by atoms with Gasteiger partial charge in [0, 0.05) is 19.5 Å². The van der Waals surface area contributed by atoms with Gasteiger partial charge in [-0.15, -0.1) is 0 Å². The minimum absolute atomic E-state index is 0.105. The number of nitriles is 1. The summed E-state index contributed by atoms with van der Waals surface area (Å²) in [6, 6.07) is 2.45. The number of nitrogens with zero attached hydrogens (tertiary/aromatic N) is 2. The van der Waals surface area contributed by atoms with Crippen LogP contribution in [0.15, 0.2) is 0 Å². The molecule has 1 aliphatic carbocycles. The van der Waals surface area contributed by atoms with Crippen molar-refractivity contribution in [3.63, 3.8) is 0 Å². The summed E-state index contributed by atoms with van der Waals surface area (Å²) < 4.78 is 5.29. The highest BCUT2D eigenvalue weighted by atomic mass is 16.5. The van der Waals surface area contributed by atoms with E-state index in [4.69, 9.17) is 4.74 Å². The lowest BCUT2D eigenvalue weighted by Crippen LogP contribution is -2.43. The second-order valence-corrected chi connectivity index (χ2v) is 6.43. The highest BCUT2D eigenvalue weighted by molar-refractivity contribution is 5.77. The number of morpholine rings is 1. The SMILES string of the molecule is C[CH]C(C#N)(CC(=O)N1CCOCC1)CC1CCCCC1. The predicted molar refractivity (Wildman–Crippen MR) is 81.2 cm³/mol. The van der Waals surface area contributed by atoms with Gasteiger partial charge in [0.15, 0.2) is 0 Å². The van der Waals surface area contributed by atoms with E-state index in [1.807, 2.05) is 18.2 Å². The predicted octanol–water partition coefficient (Wildman–Crippen LogP) is 2.94. The summed E-state index contributed by atoms with van der Waals surface area (Å²) in [7, 11) is 0. The Bertz CT molecular complexity index is 379. The lowest BCUT2D eigenvalue weighted by atomic mass is 9.71. The van der Waals surface area contributed by atoms with Gasteiger partial charge in [-0.2, -0.15) is 5.26 Å². The van der Waals surface area contributed by atoms with Crippen LogP contribution >= 0.6 is 0 Å². The number of rotatable bonds is 5. The van der Waals surface area contributed by atoms with Crippen molar-refractivity contribution in [3.05, 3.63) is 6.42 Å². The van der Waals surface area contributed by atoms with Crippen LogP contribution in [0.3, 0.4) is 0 Å². The van der Waals surface area contributed by atoms with Gasteiger partial charge in [0.1, 0.15) is 0 Å². The standard InChI is InChI=1S/C17H27N2O2/c1-2-17(14-18,12-15-6-4-3-5-7-15)13-16(20)19-8-10-21-11-9-19/h2,15H,3-13H2,1H3. The zero-order chi connectivity index (χ0) is 15.1. The van der Waals surface area contributed by atoms with Crippen molar-refractivity contribution in [2.45, 2.75) is 51.9 Å². The topological polar surface area (TPSA) is 53.3 Å². The molecule has 1 amide bonds. The van der Waals surface area contributed by atoms with Crippen LogP contribution in [0.4, 0.5) is 0 Å². The molecule has 1 unspecified atom stereocenters. The van der Waals surface area contributed by atoms with Crippen molar-refractivity contribution >= 4 is 5.91 Å². The fourth-order valence-electron chi connectivity index (χ4n) is 3.54. The Balaban J connectivity index is 1.95. The van der Waals surface area contributed by atoms with Crippen molar-refractivity contribution in [1.82, 2.24) is 4.90 Å². The summed E-state index contributed by atoms with van der Waals surface area (Å²) in [4.78, 5) is 14.3. The lowest BCUT2D eigenvalue weighted by molar-refractivity contribution is -0.136. The van der Waals surface area contributed by atoms with Crippen LogP contribution in [0, 0.1) is 29.1 Å². The summed E-state index contributed by atoms with van der Waals surface area (Å²) in [5, 5.41) is 9.68. The Kier molecular flexibility index (Phi) is 6.05. The lowest BCUT2D eigenvalue weighted by Gasteiger charge is -2.34. The molecule has 0 aromatic heterocycles. The molecule has 0 aromatic rings. The van der Waals surface area contributed by atoms with Crippen molar-refractivity contribution < 1.29 is 9.53 Å². The molecule has 1 saturated carbocycles. The summed E-state index contributed by atoms with van der Waals surface area (Å²) in [5.74, 6) is 0.709. The van der Waals surface area contributed by atoms with Crippen LogP contribution in [0.1, 0.15) is 51.9 Å². The quantitative estimate of drug-likeness (QED) is 0.782. The van der Waals surface area contributed by atoms with E-state index in [-0.39, 0.29) is 5.91 Å². The highest BCUT2D eigenvalue weighted by Crippen LogP contribution is 2.39. The minimum Gasteiger partial charge on any atom is -0.378 e. The molecular formula is C17H27N2O2. The monoisotopic (exact) mass is 291 g/mol. The van der Waals surface area contributed by atoms with Gasteiger partial charge in [-0.1, -0.05) is 39.0 Å². The molecule has 0 aromatic carbocycles. The average molecular weight is 291 g/mol. The van der Waals surface area contributed by atoms with E-state index >= 15 is 0 Å². The first-order valence-corrected chi connectivity index (χ1v) is 8.26. The Morgan fingerprint density at radius 2 is 2.00 bits per heavy atom. The fraction of sp³-hybridized carbons (Fsp3) is 0.824. The molecule has 0 N–H and O–H groups in total. The van der Waals surface area contributed by atoms with E-state index in [0.717, 1.165) is 6.42 Å². The van der Waals surface area contributed by atoms with Crippen molar-refractivity contribution in [2.24, 2.45) is 11.3 Å². The summed E-state index contributed by atoms with van der Waals surface area (Å²) in [5.41, 5.74) is -0.586. The molecule has 1 radical (unpaired) electrons. The molecule has 2 rings (SSSR count). The van der Waals surface area contributed by atoms with Gasteiger partial charge in [0.25, 0.3) is 0 Å². The molecule has 1 heterocycles. The second kappa shape index (κ2) is 7.79. The number of hydrogen-bond acceptors (Lipinski definition) is 3. The van der Waals surface area contributed by atoms with Crippen molar-refractivity contribution in [1.29, 1.82) is 5.26 Å². The van der Waals surface area contributed by atoms with Crippen LogP contribution in [-0.2, 0) is 9.53 Å². The van der Waals surface area contributed by atoms with Crippen LogP contribution in [0.2, 0.25) is 0 Å². The maximum absolute atomic E-state index is 12.5. The van der Waals surface area contributed by atoms with Gasteiger partial charge in [-0.25, -0.2) is 0 Å². The molecule has 4 heteroatoms. The molecule has 21 heavy (non-hydrogen) atoms. The van der Waals surface area contributed by atoms with E-state index in [1.54, 1.807) is 0 Å². The molecule has 2 fully saturated rings. The molecule has 1 saturated heterocycles. The van der Waals surface area contributed by atoms with Crippen LogP contribution < -0.4 is 0 Å². The summed E-state index contributed by atoms with van der Waals surface area (Å²) in [6.07, 6.45) is 9.41. The number of hydrogen-bond donors (Lipinski definition) is 0. The van der Waals surface area contributed by atoms with Gasteiger partial charge < -0.3 is 9.64 Å². The van der Waals surface area contributed by atoms with Crippen LogP contribution in [-0.4, -0.2) is 37.1 Å². The van der Waals surface area contributed by atoms with Crippen LogP contribution in [0.5, 0.6) is 0 Å². The number of amides is 1. The van der Waals surface area contributed by atoms with E-state index in [2.05, 4.69) is 6.07 Å². The minimum atomic E-state index is -0.586. The Morgan fingerprint density at radius 3 is 2.57 bits per heavy atom. The number of carbonyl (C=O) groups is 1. The van der Waals surface area contributed by atoms with E-state index in [1.165, 1.54) is 32.1 Å². The molecule has 4 nitrogen and oxygen atoms in total. The Hall–Kier alpha value is -1.08. The third-order valence-corrected chi connectivity index (χ3v) is 4.98. The van der Waals surface area contributed by atoms with Gasteiger partial charge in [0.05, 0.1) is 24.7 Å². The molecule has 1 aliphatic heterocycles. The maximum atomic E-state index is 12.5. The number of ether oxygens (including phenoxy) is 1. The molecule has 2 aliphatic rings. The van der Waals surface area contributed by atoms with Crippen LogP contribution in [0.25, 0.3) is 0 Å². The molecule has 0 bridgehead atoms. The average Bonchev–Trinajstić information content (AvgIpc) is 2.56. The zero-order valence-corrected chi connectivity index (χ0v) is 13.1. The van der Waals surface area contributed by atoms with Gasteiger partial charge in [-0.05, 0) is 18.8 Å². The summed E-state index contributed by atoms with van der Waals surface area (Å²) in [6.45, 7) is 4.48. The highest BCUT2D eigenvalue weighted by Gasteiger charge is 2.36. The van der Waals surface area contributed by atoms with Crippen molar-refractivity contribution in [3.8, 4) is 6.07 Å². The third-order valence-electron chi connectivity index (χ3n) is 4.98. The molecule has 1 atom stereocenters. The van der Waals surface area contributed by atoms with E-state index < -0.39 is 5.41 Å².